The van der Waals surface area contributed by atoms with Gasteiger partial charge in [-0.3, -0.25) is 9.48 Å². The fourth-order valence-corrected chi connectivity index (χ4v) is 6.58. The molecule has 1 aromatic heterocycles. The highest BCUT2D eigenvalue weighted by atomic mass is 28.3. The van der Waals surface area contributed by atoms with E-state index < -0.39 is 26.1 Å². The van der Waals surface area contributed by atoms with Gasteiger partial charge in [0.15, 0.2) is 0 Å². The molecule has 2 amide bonds. The van der Waals surface area contributed by atoms with Crippen molar-refractivity contribution in [3.63, 3.8) is 0 Å². The molecule has 1 fully saturated rings. The van der Waals surface area contributed by atoms with Crippen LogP contribution in [0.2, 0.25) is 19.6 Å². The summed E-state index contributed by atoms with van der Waals surface area (Å²) in [5.41, 5.74) is 3.50. The number of aromatic nitrogens is 3. The molecule has 0 radical (unpaired) electrons. The SMILES string of the molecule is COC(=O)N[C@H](C(=O)Nc1ccccc1CC[C@@H]1CN[C@H](Cn2cc([Si](C)(C)C)nn2)CO1)C(c1ccccc1)c1ccccc1. The summed E-state index contributed by atoms with van der Waals surface area (Å²) in [5.74, 6) is -0.776. The molecule has 1 aliphatic rings. The number of rotatable bonds is 12. The summed E-state index contributed by atoms with van der Waals surface area (Å²) in [6, 6.07) is 26.4. The van der Waals surface area contributed by atoms with Crippen molar-refractivity contribution in [2.45, 2.75) is 63.1 Å². The topological polar surface area (TPSA) is 119 Å². The molecular formula is C35H44N6O4Si. The zero-order chi connectivity index (χ0) is 32.5. The van der Waals surface area contributed by atoms with E-state index in [9.17, 15) is 9.59 Å². The summed E-state index contributed by atoms with van der Waals surface area (Å²) < 4.78 is 13.1. The van der Waals surface area contributed by atoms with Crippen LogP contribution >= 0.6 is 0 Å². The van der Waals surface area contributed by atoms with Gasteiger partial charge in [0.1, 0.15) is 14.1 Å². The van der Waals surface area contributed by atoms with Crippen LogP contribution in [0.25, 0.3) is 0 Å². The van der Waals surface area contributed by atoms with Crippen molar-refractivity contribution >= 4 is 31.1 Å². The molecule has 46 heavy (non-hydrogen) atoms. The number of hydrogen-bond acceptors (Lipinski definition) is 7. The molecule has 11 heteroatoms. The molecule has 3 atom stereocenters. The lowest BCUT2D eigenvalue weighted by molar-refractivity contribution is -0.118. The highest BCUT2D eigenvalue weighted by Crippen LogP contribution is 2.30. The number of ether oxygens (including phenoxy) is 2. The quantitative estimate of drug-likeness (QED) is 0.198. The lowest BCUT2D eigenvalue weighted by Gasteiger charge is -2.30. The van der Waals surface area contributed by atoms with E-state index in [1.807, 2.05) is 89.6 Å². The molecule has 10 nitrogen and oxygen atoms in total. The second-order valence-electron chi connectivity index (χ2n) is 12.7. The van der Waals surface area contributed by atoms with Gasteiger partial charge < -0.3 is 25.4 Å². The third kappa shape index (κ3) is 8.68. The van der Waals surface area contributed by atoms with Gasteiger partial charge in [-0.15, -0.1) is 5.10 Å². The van der Waals surface area contributed by atoms with Crippen LogP contribution in [-0.4, -0.2) is 73.5 Å². The lowest BCUT2D eigenvalue weighted by Crippen LogP contribution is -2.48. The minimum Gasteiger partial charge on any atom is -0.453 e. The molecule has 1 saturated heterocycles. The fraction of sp³-hybridized carbons (Fsp3) is 0.371. The number of nitrogens with zero attached hydrogens (tertiary/aromatic N) is 3. The van der Waals surface area contributed by atoms with E-state index in [0.717, 1.165) is 35.0 Å². The van der Waals surface area contributed by atoms with Crippen LogP contribution in [-0.2, 0) is 27.2 Å². The van der Waals surface area contributed by atoms with Gasteiger partial charge in [0.05, 0.1) is 37.7 Å². The lowest BCUT2D eigenvalue weighted by atomic mass is 9.84. The molecule has 0 spiro atoms. The summed E-state index contributed by atoms with van der Waals surface area (Å²) in [5, 5.41) is 19.3. The van der Waals surface area contributed by atoms with Crippen LogP contribution in [0.5, 0.6) is 0 Å². The highest BCUT2D eigenvalue weighted by Gasteiger charge is 2.33. The number of benzene rings is 3. The summed E-state index contributed by atoms with van der Waals surface area (Å²) in [7, 11) is -0.202. The van der Waals surface area contributed by atoms with Gasteiger partial charge in [-0.05, 0) is 35.6 Å². The molecular weight excluding hydrogens is 597 g/mol. The number of aryl methyl sites for hydroxylation is 1. The van der Waals surface area contributed by atoms with Gasteiger partial charge in [-0.25, -0.2) is 4.79 Å². The molecule has 4 aromatic rings. The Morgan fingerprint density at radius 1 is 1.00 bits per heavy atom. The molecule has 3 N–H and O–H groups in total. The molecule has 242 valence electrons. The van der Waals surface area contributed by atoms with Gasteiger partial charge in [-0.2, -0.15) is 0 Å². The van der Waals surface area contributed by atoms with Crippen molar-refractivity contribution in [3.8, 4) is 0 Å². The molecule has 0 aliphatic carbocycles. The van der Waals surface area contributed by atoms with E-state index in [2.05, 4.69) is 52.1 Å². The van der Waals surface area contributed by atoms with Crippen molar-refractivity contribution in [2.24, 2.45) is 0 Å². The molecule has 0 unspecified atom stereocenters. The van der Waals surface area contributed by atoms with E-state index in [0.29, 0.717) is 25.3 Å². The molecule has 2 heterocycles. The molecule has 3 aromatic carbocycles. The van der Waals surface area contributed by atoms with Gasteiger partial charge in [0.2, 0.25) is 5.91 Å². The van der Waals surface area contributed by atoms with Crippen LogP contribution < -0.4 is 21.3 Å². The summed E-state index contributed by atoms with van der Waals surface area (Å²) in [6.07, 6.45) is 2.94. The summed E-state index contributed by atoms with van der Waals surface area (Å²) in [6.45, 7) is 8.83. The van der Waals surface area contributed by atoms with E-state index >= 15 is 0 Å². The minimum atomic E-state index is -1.50. The second-order valence-corrected chi connectivity index (χ2v) is 17.7. The van der Waals surface area contributed by atoms with Crippen LogP contribution in [0, 0.1) is 0 Å². The summed E-state index contributed by atoms with van der Waals surface area (Å²) in [4.78, 5) is 26.5. The third-order valence-corrected chi connectivity index (χ3v) is 10.1. The Bertz CT molecular complexity index is 1530. The van der Waals surface area contributed by atoms with Crippen LogP contribution in [0.15, 0.2) is 91.1 Å². The Kier molecular flexibility index (Phi) is 11.0. The smallest absolute Gasteiger partial charge is 0.407 e. The van der Waals surface area contributed by atoms with Gasteiger partial charge >= 0.3 is 6.09 Å². The van der Waals surface area contributed by atoms with Crippen LogP contribution in [0.4, 0.5) is 10.5 Å². The normalized spacial score (nSPS) is 17.3. The molecule has 5 rings (SSSR count). The minimum absolute atomic E-state index is 0.0441. The van der Waals surface area contributed by atoms with Crippen molar-refractivity contribution in [3.05, 3.63) is 108 Å². The average molecular weight is 641 g/mol. The largest absolute Gasteiger partial charge is 0.453 e. The Morgan fingerprint density at radius 3 is 2.24 bits per heavy atom. The number of carbonyl (C=O) groups excluding carboxylic acids is 2. The number of anilines is 1. The van der Waals surface area contributed by atoms with E-state index in [4.69, 9.17) is 9.47 Å². The number of nitrogens with one attached hydrogen (secondary N) is 3. The van der Waals surface area contributed by atoms with E-state index in [1.54, 1.807) is 0 Å². The van der Waals surface area contributed by atoms with Crippen molar-refractivity contribution in [1.29, 1.82) is 0 Å². The number of morpholine rings is 1. The predicted molar refractivity (Wildman–Crippen MR) is 182 cm³/mol. The maximum absolute atomic E-state index is 14.0. The van der Waals surface area contributed by atoms with E-state index in [1.165, 1.54) is 7.11 Å². The Hall–Kier alpha value is -4.32. The number of hydrogen-bond donors (Lipinski definition) is 3. The highest BCUT2D eigenvalue weighted by molar-refractivity contribution is 6.88. The maximum Gasteiger partial charge on any atom is 0.407 e. The number of alkyl carbamates (subject to hydrolysis) is 1. The Morgan fingerprint density at radius 2 is 1.65 bits per heavy atom. The average Bonchev–Trinajstić information content (AvgIpc) is 3.55. The van der Waals surface area contributed by atoms with Crippen molar-refractivity contribution < 1.29 is 19.1 Å². The standard InChI is InChI=1S/C35H44N6O4Si/c1-44-35(43)38-33(32(26-14-7-5-8-15-26)27-16-9-6-10-17-27)34(42)37-30-18-12-11-13-25(30)19-20-29-21-36-28(24-45-29)22-41-23-31(39-40-41)46(2,3)4/h5-18,23,28-29,32-33,36H,19-22,24H2,1-4H3,(H,37,42)(H,38,43)/t28-,29-,33+/m1/s1. The van der Waals surface area contributed by atoms with Gasteiger partial charge in [-0.1, -0.05) is 104 Å². The third-order valence-electron chi connectivity index (χ3n) is 8.28. The number of para-hydroxylation sites is 1. The van der Waals surface area contributed by atoms with Crippen LogP contribution in [0.3, 0.4) is 0 Å². The Labute approximate surface area is 271 Å². The molecule has 0 saturated carbocycles. The number of carbonyl (C=O) groups is 2. The first-order valence-corrected chi connectivity index (χ1v) is 19.3. The zero-order valence-electron chi connectivity index (χ0n) is 27.0. The first-order chi connectivity index (χ1) is 22.2. The van der Waals surface area contributed by atoms with Gasteiger partial charge in [0.25, 0.3) is 0 Å². The number of methoxy groups -OCH3 is 1. The zero-order valence-corrected chi connectivity index (χ0v) is 28.0. The maximum atomic E-state index is 14.0. The van der Waals surface area contributed by atoms with Crippen LogP contribution in [0.1, 0.15) is 29.0 Å². The van der Waals surface area contributed by atoms with Crippen molar-refractivity contribution in [1.82, 2.24) is 25.6 Å². The number of amides is 2. The second kappa shape index (κ2) is 15.3. The molecule has 1 aliphatic heterocycles. The monoisotopic (exact) mass is 640 g/mol. The van der Waals surface area contributed by atoms with Crippen molar-refractivity contribution in [2.75, 3.05) is 25.6 Å². The first-order valence-electron chi connectivity index (χ1n) is 15.8. The van der Waals surface area contributed by atoms with Gasteiger partial charge in [0, 0.05) is 24.3 Å². The molecule has 0 bridgehead atoms. The fourth-order valence-electron chi connectivity index (χ4n) is 5.70. The Balaban J connectivity index is 1.24. The first kappa shape index (κ1) is 33.1. The summed E-state index contributed by atoms with van der Waals surface area (Å²) >= 11 is 0. The predicted octanol–water partition coefficient (Wildman–Crippen LogP) is 4.31. The van der Waals surface area contributed by atoms with E-state index in [-0.39, 0.29) is 18.1 Å².